The van der Waals surface area contributed by atoms with Crippen LogP contribution in [0.4, 0.5) is 19.0 Å². The third-order valence-electron chi connectivity index (χ3n) is 5.72. The highest BCUT2D eigenvalue weighted by Gasteiger charge is 2.44. The van der Waals surface area contributed by atoms with Crippen molar-refractivity contribution in [2.75, 3.05) is 31.6 Å². The smallest absolute Gasteiger partial charge is 0.393 e. The fraction of sp³-hybridized carbons (Fsp3) is 0.435. The van der Waals surface area contributed by atoms with Gasteiger partial charge in [0.1, 0.15) is 17.6 Å². The monoisotopic (exact) mass is 460 g/mol. The number of rotatable bonds is 5. The number of aromatic nitrogens is 3. The molecule has 1 N–H and O–H groups in total. The Bertz CT molecular complexity index is 1140. The van der Waals surface area contributed by atoms with Crippen LogP contribution in [0.2, 0.25) is 0 Å². The van der Waals surface area contributed by atoms with Crippen LogP contribution in [0, 0.1) is 17.2 Å². The molecule has 1 saturated heterocycles. The molecule has 7 nitrogen and oxygen atoms in total. The molecule has 0 unspecified atom stereocenters. The zero-order valence-electron chi connectivity index (χ0n) is 17.7. The van der Waals surface area contributed by atoms with Gasteiger partial charge in [-0.1, -0.05) is 7.43 Å². The molecule has 0 bridgehead atoms. The molecule has 0 spiro atoms. The summed E-state index contributed by atoms with van der Waals surface area (Å²) < 4.78 is 47.4. The number of likely N-dealkylation sites (N-methyl/N-ethyl adjacent to an activating group) is 1. The highest BCUT2D eigenvalue weighted by molar-refractivity contribution is 5.85. The van der Waals surface area contributed by atoms with Crippen LogP contribution in [0.5, 0.6) is 5.75 Å². The van der Waals surface area contributed by atoms with Crippen LogP contribution in [0.1, 0.15) is 26.3 Å². The Labute approximate surface area is 190 Å². The first kappa shape index (κ1) is 24.3. The van der Waals surface area contributed by atoms with Gasteiger partial charge < -0.3 is 15.0 Å². The topological polar surface area (TPSA) is 78.5 Å². The highest BCUT2D eigenvalue weighted by atomic mass is 19.4. The molecular weight excluding hydrogens is 433 g/mol. The molecule has 1 aliphatic rings. The van der Waals surface area contributed by atoms with Gasteiger partial charge in [-0.2, -0.15) is 23.5 Å². The van der Waals surface area contributed by atoms with Gasteiger partial charge in [0.05, 0.1) is 36.0 Å². The molecule has 1 aliphatic heterocycles. The van der Waals surface area contributed by atoms with Crippen molar-refractivity contribution in [2.24, 2.45) is 5.92 Å². The van der Waals surface area contributed by atoms with Crippen molar-refractivity contribution in [1.82, 2.24) is 19.9 Å². The summed E-state index contributed by atoms with van der Waals surface area (Å²) in [6, 6.07) is 7.19. The molecule has 0 aliphatic carbocycles. The summed E-state index contributed by atoms with van der Waals surface area (Å²) in [5, 5.41) is 16.7. The van der Waals surface area contributed by atoms with Crippen molar-refractivity contribution in [3.8, 4) is 22.9 Å². The van der Waals surface area contributed by atoms with E-state index in [1.165, 1.54) is 6.20 Å². The lowest BCUT2D eigenvalue weighted by atomic mass is 9.93. The fourth-order valence-corrected chi connectivity index (χ4v) is 4.11. The summed E-state index contributed by atoms with van der Waals surface area (Å²) in [4.78, 5) is 6.13. The Morgan fingerprint density at radius 3 is 2.67 bits per heavy atom. The molecular formula is C23H27F3N6O. The van der Waals surface area contributed by atoms with Crippen LogP contribution in [-0.2, 0) is 0 Å². The predicted molar refractivity (Wildman–Crippen MR) is 120 cm³/mol. The number of hydrogen-bond acceptors (Lipinski definition) is 6. The van der Waals surface area contributed by atoms with E-state index in [0.29, 0.717) is 46.9 Å². The average molecular weight is 461 g/mol. The number of nitrogens with zero attached hydrogens (tertiary/aromatic N) is 5. The normalized spacial score (nSPS) is 18.6. The van der Waals surface area contributed by atoms with Gasteiger partial charge in [-0.05, 0) is 38.6 Å². The summed E-state index contributed by atoms with van der Waals surface area (Å²) >= 11 is 0. The lowest BCUT2D eigenvalue weighted by Crippen LogP contribution is -2.52. The maximum absolute atomic E-state index is 13.4. The third kappa shape index (κ3) is 4.88. The Morgan fingerprint density at radius 2 is 2.06 bits per heavy atom. The SMILES string of the molecule is C.CCOc1cc(-c2ccc(N3C[C@H](NC)C[C@H](C(F)(F)F)C3)nc2)c2c(C#N)cnn2c1. The minimum atomic E-state index is -4.26. The molecule has 0 aromatic carbocycles. The minimum absolute atomic E-state index is 0. The van der Waals surface area contributed by atoms with Crippen LogP contribution in [0.15, 0.2) is 36.8 Å². The van der Waals surface area contributed by atoms with Crippen molar-refractivity contribution >= 4 is 11.3 Å². The Hall–Kier alpha value is -3.32. The van der Waals surface area contributed by atoms with E-state index in [1.54, 1.807) is 41.0 Å². The lowest BCUT2D eigenvalue weighted by molar-refractivity contribution is -0.177. The molecule has 10 heteroatoms. The Kier molecular flexibility index (Phi) is 7.12. The first-order valence-corrected chi connectivity index (χ1v) is 10.3. The van der Waals surface area contributed by atoms with Gasteiger partial charge in [-0.15, -0.1) is 0 Å². The molecule has 0 amide bonds. The van der Waals surface area contributed by atoms with E-state index < -0.39 is 12.1 Å². The van der Waals surface area contributed by atoms with Crippen LogP contribution in [0.3, 0.4) is 0 Å². The molecule has 176 valence electrons. The van der Waals surface area contributed by atoms with Gasteiger partial charge >= 0.3 is 6.18 Å². The summed E-state index contributed by atoms with van der Waals surface area (Å²) in [6.07, 6.45) is 0.594. The Morgan fingerprint density at radius 1 is 1.27 bits per heavy atom. The number of ether oxygens (including phenoxy) is 1. The van der Waals surface area contributed by atoms with Crippen LogP contribution < -0.4 is 15.0 Å². The number of nitrogens with one attached hydrogen (secondary N) is 1. The largest absolute Gasteiger partial charge is 0.492 e. The summed E-state index contributed by atoms with van der Waals surface area (Å²) in [5.41, 5.74) is 2.46. The van der Waals surface area contributed by atoms with Gasteiger partial charge in [0.25, 0.3) is 0 Å². The van der Waals surface area contributed by atoms with Crippen molar-refractivity contribution in [3.63, 3.8) is 0 Å². The molecule has 33 heavy (non-hydrogen) atoms. The summed E-state index contributed by atoms with van der Waals surface area (Å²) in [5.74, 6) is -0.343. The van der Waals surface area contributed by atoms with E-state index in [9.17, 15) is 18.4 Å². The standard InChI is InChI=1S/C22H23F3N6O.CH4/c1-3-32-18-7-19(21-15(8-26)10-29-31(21)13-18)14-4-5-20(28-9-14)30-11-16(22(23,24)25)6-17(12-30)27-2;/h4-5,7,9-10,13,16-17,27H,3,6,11-12H2,1-2H3;1H4/t16-,17+;/m0./s1. The third-order valence-corrected chi connectivity index (χ3v) is 5.72. The first-order valence-electron chi connectivity index (χ1n) is 10.3. The minimum Gasteiger partial charge on any atom is -0.492 e. The molecule has 1 fully saturated rings. The van der Waals surface area contributed by atoms with E-state index >= 15 is 0 Å². The highest BCUT2D eigenvalue weighted by Crippen LogP contribution is 2.35. The number of hydrogen-bond donors (Lipinski definition) is 1. The zero-order chi connectivity index (χ0) is 22.9. The van der Waals surface area contributed by atoms with E-state index in [1.807, 2.05) is 13.0 Å². The summed E-state index contributed by atoms with van der Waals surface area (Å²) in [7, 11) is 1.67. The van der Waals surface area contributed by atoms with E-state index in [2.05, 4.69) is 21.5 Å². The van der Waals surface area contributed by atoms with Gasteiger partial charge in [0.15, 0.2) is 0 Å². The molecule has 0 radical (unpaired) electrons. The van der Waals surface area contributed by atoms with Crippen LogP contribution >= 0.6 is 0 Å². The number of anilines is 1. The Balaban J connectivity index is 0.00000306. The van der Waals surface area contributed by atoms with Crippen molar-refractivity contribution in [1.29, 1.82) is 5.26 Å². The van der Waals surface area contributed by atoms with Crippen LogP contribution in [-0.4, -0.2) is 53.6 Å². The number of halogens is 3. The van der Waals surface area contributed by atoms with Crippen LogP contribution in [0.25, 0.3) is 16.6 Å². The fourth-order valence-electron chi connectivity index (χ4n) is 4.11. The first-order chi connectivity index (χ1) is 15.3. The predicted octanol–water partition coefficient (Wildman–Crippen LogP) is 4.28. The van der Waals surface area contributed by atoms with E-state index in [-0.39, 0.29) is 26.4 Å². The number of alkyl halides is 3. The van der Waals surface area contributed by atoms with E-state index in [0.717, 1.165) is 0 Å². The molecule has 2 atom stereocenters. The molecule has 4 heterocycles. The van der Waals surface area contributed by atoms with Crippen molar-refractivity contribution in [2.45, 2.75) is 33.0 Å². The number of nitriles is 1. The van der Waals surface area contributed by atoms with Gasteiger partial charge in [-0.3, -0.25) is 0 Å². The molecule has 3 aromatic rings. The lowest BCUT2D eigenvalue weighted by Gasteiger charge is -2.39. The van der Waals surface area contributed by atoms with Crippen molar-refractivity contribution < 1.29 is 17.9 Å². The average Bonchev–Trinajstić information content (AvgIpc) is 3.21. The quantitative estimate of drug-likeness (QED) is 0.612. The van der Waals surface area contributed by atoms with Gasteiger partial charge in [0.2, 0.25) is 0 Å². The zero-order valence-corrected chi connectivity index (χ0v) is 17.7. The second kappa shape index (κ2) is 9.67. The maximum Gasteiger partial charge on any atom is 0.393 e. The van der Waals surface area contributed by atoms with Gasteiger partial charge in [-0.25, -0.2) is 9.50 Å². The number of piperidine rings is 1. The number of pyridine rings is 2. The van der Waals surface area contributed by atoms with Crippen molar-refractivity contribution in [3.05, 3.63) is 42.4 Å². The second-order valence-electron chi connectivity index (χ2n) is 7.76. The molecule has 0 saturated carbocycles. The summed E-state index contributed by atoms with van der Waals surface area (Å²) in [6.45, 7) is 2.66. The second-order valence-corrected chi connectivity index (χ2v) is 7.76. The number of fused-ring (bicyclic) bond motifs is 1. The van der Waals surface area contributed by atoms with Gasteiger partial charge in [0, 0.05) is 36.5 Å². The van der Waals surface area contributed by atoms with E-state index in [4.69, 9.17) is 4.74 Å². The molecule has 3 aromatic heterocycles. The maximum atomic E-state index is 13.4. The molecule has 4 rings (SSSR count).